The number of non-ortho nitro benzene ring substituents is 1. The molecule has 126 valence electrons. The largest absolute Gasteiger partial charge is 0.349 e. The highest BCUT2D eigenvalue weighted by Crippen LogP contribution is 2.23. The molecule has 0 saturated carbocycles. The third-order valence-corrected chi connectivity index (χ3v) is 5.12. The normalized spacial score (nSPS) is 11.8. The minimum atomic E-state index is -0.423. The first-order chi connectivity index (χ1) is 11.5. The minimum Gasteiger partial charge on any atom is -0.349 e. The van der Waals surface area contributed by atoms with Gasteiger partial charge in [0.2, 0.25) is 5.91 Å². The van der Waals surface area contributed by atoms with Gasteiger partial charge in [0.1, 0.15) is 0 Å². The Morgan fingerprint density at radius 3 is 2.54 bits per heavy atom. The van der Waals surface area contributed by atoms with Crippen LogP contribution in [0.5, 0.6) is 0 Å². The van der Waals surface area contributed by atoms with Crippen molar-refractivity contribution in [3.63, 3.8) is 0 Å². The van der Waals surface area contributed by atoms with Crippen molar-refractivity contribution in [1.29, 1.82) is 0 Å². The van der Waals surface area contributed by atoms with Gasteiger partial charge < -0.3 is 5.32 Å². The number of hydrogen-bond acceptors (Lipinski definition) is 4. The van der Waals surface area contributed by atoms with Crippen molar-refractivity contribution in [2.75, 3.05) is 5.75 Å². The van der Waals surface area contributed by atoms with E-state index in [9.17, 15) is 14.9 Å². The SMILES string of the molecule is C[C@@H](NC(=O)CSCc1ccc([N+](=O)[O-])cc1)c1ccccc1Br. The van der Waals surface area contributed by atoms with Crippen LogP contribution in [0, 0.1) is 10.1 Å². The summed E-state index contributed by atoms with van der Waals surface area (Å²) in [6.07, 6.45) is 0. The van der Waals surface area contributed by atoms with Crippen molar-refractivity contribution in [2.24, 2.45) is 0 Å². The number of carbonyl (C=O) groups is 1. The summed E-state index contributed by atoms with van der Waals surface area (Å²) >= 11 is 4.96. The molecule has 7 heteroatoms. The van der Waals surface area contributed by atoms with E-state index in [0.717, 1.165) is 15.6 Å². The molecule has 0 fully saturated rings. The Bertz CT molecular complexity index is 722. The summed E-state index contributed by atoms with van der Waals surface area (Å²) in [4.78, 5) is 22.2. The number of halogens is 1. The first-order valence-corrected chi connectivity index (χ1v) is 9.27. The topological polar surface area (TPSA) is 72.2 Å². The van der Waals surface area contributed by atoms with E-state index in [1.807, 2.05) is 31.2 Å². The van der Waals surface area contributed by atoms with Crippen molar-refractivity contribution < 1.29 is 9.72 Å². The van der Waals surface area contributed by atoms with Crippen LogP contribution in [0.15, 0.2) is 53.0 Å². The number of carbonyl (C=O) groups excluding carboxylic acids is 1. The van der Waals surface area contributed by atoms with Crippen molar-refractivity contribution >= 4 is 39.3 Å². The first kappa shape index (κ1) is 18.5. The second kappa shape index (κ2) is 8.84. The van der Waals surface area contributed by atoms with E-state index in [-0.39, 0.29) is 17.6 Å². The lowest BCUT2D eigenvalue weighted by molar-refractivity contribution is -0.384. The molecule has 1 atom stereocenters. The number of thioether (sulfide) groups is 1. The van der Waals surface area contributed by atoms with Gasteiger partial charge in [0, 0.05) is 22.4 Å². The molecule has 24 heavy (non-hydrogen) atoms. The molecule has 1 amide bonds. The zero-order valence-electron chi connectivity index (χ0n) is 13.1. The monoisotopic (exact) mass is 408 g/mol. The molecule has 0 aromatic heterocycles. The molecule has 2 aromatic carbocycles. The van der Waals surface area contributed by atoms with Gasteiger partial charge in [-0.2, -0.15) is 0 Å². The molecular weight excluding hydrogens is 392 g/mol. The van der Waals surface area contributed by atoms with E-state index in [4.69, 9.17) is 0 Å². The zero-order valence-corrected chi connectivity index (χ0v) is 15.5. The Hall–Kier alpha value is -1.86. The summed E-state index contributed by atoms with van der Waals surface area (Å²) < 4.78 is 0.969. The number of hydrogen-bond donors (Lipinski definition) is 1. The molecule has 0 unspecified atom stereocenters. The second-order valence-electron chi connectivity index (χ2n) is 5.23. The molecule has 2 aromatic rings. The molecular formula is C17H17BrN2O3S. The van der Waals surface area contributed by atoms with Gasteiger partial charge in [0.25, 0.3) is 5.69 Å². The maximum absolute atomic E-state index is 12.0. The predicted molar refractivity (Wildman–Crippen MR) is 100.0 cm³/mol. The molecule has 0 saturated heterocycles. The highest BCUT2D eigenvalue weighted by molar-refractivity contribution is 9.10. The fourth-order valence-corrected chi connectivity index (χ4v) is 3.59. The average molecular weight is 409 g/mol. The number of nitro groups is 1. The van der Waals surface area contributed by atoms with E-state index >= 15 is 0 Å². The molecule has 1 N–H and O–H groups in total. The fraction of sp³-hybridized carbons (Fsp3) is 0.235. The lowest BCUT2D eigenvalue weighted by Gasteiger charge is -2.15. The maximum atomic E-state index is 12.0. The Morgan fingerprint density at radius 2 is 1.92 bits per heavy atom. The van der Waals surface area contributed by atoms with Crippen LogP contribution in [-0.4, -0.2) is 16.6 Å². The number of nitrogens with one attached hydrogen (secondary N) is 1. The average Bonchev–Trinajstić information content (AvgIpc) is 2.55. The summed E-state index contributed by atoms with van der Waals surface area (Å²) in [6, 6.07) is 14.1. The number of amides is 1. The van der Waals surface area contributed by atoms with Gasteiger partial charge in [0.05, 0.1) is 16.7 Å². The first-order valence-electron chi connectivity index (χ1n) is 7.32. The van der Waals surface area contributed by atoms with Crippen LogP contribution in [0.2, 0.25) is 0 Å². The zero-order chi connectivity index (χ0) is 17.5. The van der Waals surface area contributed by atoms with Gasteiger partial charge >= 0.3 is 0 Å². The number of benzene rings is 2. The van der Waals surface area contributed by atoms with Gasteiger partial charge in [0.15, 0.2) is 0 Å². The van der Waals surface area contributed by atoms with Crippen LogP contribution >= 0.6 is 27.7 Å². The quantitative estimate of drug-likeness (QED) is 0.541. The van der Waals surface area contributed by atoms with Crippen LogP contribution in [0.1, 0.15) is 24.1 Å². The third-order valence-electron chi connectivity index (χ3n) is 3.40. The molecule has 2 rings (SSSR count). The molecule has 0 spiro atoms. The van der Waals surface area contributed by atoms with Crippen molar-refractivity contribution in [2.45, 2.75) is 18.7 Å². The fourth-order valence-electron chi connectivity index (χ4n) is 2.16. The summed E-state index contributed by atoms with van der Waals surface area (Å²) in [5.41, 5.74) is 2.06. The molecule has 0 radical (unpaired) electrons. The molecule has 0 bridgehead atoms. The van der Waals surface area contributed by atoms with E-state index in [1.54, 1.807) is 12.1 Å². The number of nitrogens with zero attached hydrogens (tertiary/aromatic N) is 1. The van der Waals surface area contributed by atoms with Gasteiger partial charge in [-0.3, -0.25) is 14.9 Å². The third kappa shape index (κ3) is 5.35. The molecule has 0 aliphatic rings. The van der Waals surface area contributed by atoms with Crippen LogP contribution in [0.25, 0.3) is 0 Å². The van der Waals surface area contributed by atoms with E-state index < -0.39 is 4.92 Å². The molecule has 0 aliphatic carbocycles. The molecule has 0 aliphatic heterocycles. The Labute approximate surface area is 153 Å². The van der Waals surface area contributed by atoms with Crippen LogP contribution in [0.3, 0.4) is 0 Å². The van der Waals surface area contributed by atoms with E-state index in [2.05, 4.69) is 21.2 Å². The molecule has 5 nitrogen and oxygen atoms in total. The minimum absolute atomic E-state index is 0.0369. The van der Waals surface area contributed by atoms with Crippen LogP contribution < -0.4 is 5.32 Å². The van der Waals surface area contributed by atoms with E-state index in [1.165, 1.54) is 23.9 Å². The van der Waals surface area contributed by atoms with Gasteiger partial charge in [-0.05, 0) is 24.1 Å². The summed E-state index contributed by atoms with van der Waals surface area (Å²) in [6.45, 7) is 1.94. The number of nitro benzene ring substituents is 1. The molecule has 0 heterocycles. The van der Waals surface area contributed by atoms with Crippen molar-refractivity contribution in [3.8, 4) is 0 Å². The highest BCUT2D eigenvalue weighted by atomic mass is 79.9. The highest BCUT2D eigenvalue weighted by Gasteiger charge is 2.12. The van der Waals surface area contributed by atoms with Crippen molar-refractivity contribution in [1.82, 2.24) is 5.32 Å². The van der Waals surface area contributed by atoms with Gasteiger partial charge in [-0.25, -0.2) is 0 Å². The Balaban J connectivity index is 1.79. The summed E-state index contributed by atoms with van der Waals surface area (Å²) in [5, 5.41) is 13.6. The lowest BCUT2D eigenvalue weighted by Crippen LogP contribution is -2.28. The predicted octanol–water partition coefficient (Wildman–Crippen LogP) is 4.47. The second-order valence-corrected chi connectivity index (χ2v) is 7.07. The van der Waals surface area contributed by atoms with Gasteiger partial charge in [-0.1, -0.05) is 46.3 Å². The maximum Gasteiger partial charge on any atom is 0.269 e. The Kier molecular flexibility index (Phi) is 6.81. The summed E-state index contributed by atoms with van der Waals surface area (Å²) in [5.74, 6) is 0.936. The summed E-state index contributed by atoms with van der Waals surface area (Å²) in [7, 11) is 0. The lowest BCUT2D eigenvalue weighted by atomic mass is 10.1. The van der Waals surface area contributed by atoms with Crippen molar-refractivity contribution in [3.05, 3.63) is 74.2 Å². The number of rotatable bonds is 7. The van der Waals surface area contributed by atoms with E-state index in [0.29, 0.717) is 11.5 Å². The van der Waals surface area contributed by atoms with Gasteiger partial charge in [-0.15, -0.1) is 11.8 Å². The van der Waals surface area contributed by atoms with Crippen LogP contribution in [-0.2, 0) is 10.5 Å². The van der Waals surface area contributed by atoms with Crippen LogP contribution in [0.4, 0.5) is 5.69 Å². The standard InChI is InChI=1S/C17H17BrN2O3S/c1-12(15-4-2-3-5-16(15)18)19-17(21)11-24-10-13-6-8-14(9-7-13)20(22)23/h2-9,12H,10-11H2,1H3,(H,19,21)/t12-/m1/s1. The Morgan fingerprint density at radius 1 is 1.25 bits per heavy atom. The smallest absolute Gasteiger partial charge is 0.269 e.